The molecule has 2 aromatic heterocycles. The molecule has 180 valence electrons. The van der Waals surface area contributed by atoms with Crippen molar-refractivity contribution in [3.05, 3.63) is 77.1 Å². The fraction of sp³-hybridized carbons (Fsp3) is 0.154. The summed E-state index contributed by atoms with van der Waals surface area (Å²) in [6, 6.07) is 16.0. The summed E-state index contributed by atoms with van der Waals surface area (Å²) in [6.07, 6.45) is 7.46. The number of imide groups is 1. The van der Waals surface area contributed by atoms with Gasteiger partial charge in [0.2, 0.25) is 5.91 Å². The van der Waals surface area contributed by atoms with Gasteiger partial charge >= 0.3 is 0 Å². The van der Waals surface area contributed by atoms with Gasteiger partial charge in [-0.05, 0) is 61.4 Å². The molecule has 2 fully saturated rings. The molecule has 0 unspecified atom stereocenters. The number of amides is 2. The summed E-state index contributed by atoms with van der Waals surface area (Å²) in [6.45, 7) is 0. The highest BCUT2D eigenvalue weighted by molar-refractivity contribution is 6.30. The molecular formula is C26H22ClN7O2. The van der Waals surface area contributed by atoms with Crippen molar-refractivity contribution in [2.45, 2.75) is 25.3 Å². The van der Waals surface area contributed by atoms with Crippen molar-refractivity contribution in [3.63, 3.8) is 0 Å². The Morgan fingerprint density at radius 3 is 2.56 bits per heavy atom. The van der Waals surface area contributed by atoms with Gasteiger partial charge in [0, 0.05) is 51.1 Å². The normalized spacial score (nSPS) is 16.4. The summed E-state index contributed by atoms with van der Waals surface area (Å²) in [7, 11) is 0. The molecule has 0 radical (unpaired) electrons. The lowest BCUT2D eigenvalue weighted by atomic mass is 10.1. The lowest BCUT2D eigenvalue weighted by Gasteiger charge is -2.14. The Morgan fingerprint density at radius 1 is 1.00 bits per heavy atom. The topological polar surface area (TPSA) is 112 Å². The first kappa shape index (κ1) is 22.1. The van der Waals surface area contributed by atoms with Gasteiger partial charge in [0.25, 0.3) is 5.91 Å². The molecule has 1 saturated carbocycles. The van der Waals surface area contributed by atoms with Crippen LogP contribution in [-0.4, -0.2) is 32.5 Å². The Bertz CT molecular complexity index is 1540. The van der Waals surface area contributed by atoms with E-state index in [2.05, 4.69) is 32.4 Å². The number of nitrogens with one attached hydrogen (secondary N) is 4. The van der Waals surface area contributed by atoms with E-state index in [-0.39, 0.29) is 18.2 Å². The molecule has 0 spiro atoms. The molecular weight excluding hydrogens is 478 g/mol. The highest BCUT2D eigenvalue weighted by Gasteiger charge is 2.24. The summed E-state index contributed by atoms with van der Waals surface area (Å²) in [5.74, 6) is -0.0693. The SMILES string of the molecule is O=C1C/C(=C/c2cnn3ccc(Nc4cc(Nc5cccc(Cl)c5)cc(NC5CC5)c4)nc23)C(=O)N1. The summed E-state index contributed by atoms with van der Waals surface area (Å²) in [4.78, 5) is 28.2. The van der Waals surface area contributed by atoms with E-state index in [1.54, 1.807) is 23.0 Å². The minimum Gasteiger partial charge on any atom is -0.382 e. The number of fused-ring (bicyclic) bond motifs is 1. The summed E-state index contributed by atoms with van der Waals surface area (Å²) in [5, 5.41) is 17.6. The first-order valence-electron chi connectivity index (χ1n) is 11.6. The number of nitrogens with zero attached hydrogens (tertiary/aromatic N) is 3. The third-order valence-electron chi connectivity index (χ3n) is 5.89. The second kappa shape index (κ2) is 9.01. The van der Waals surface area contributed by atoms with Crippen molar-refractivity contribution >= 4 is 63.7 Å². The summed E-state index contributed by atoms with van der Waals surface area (Å²) < 4.78 is 1.63. The van der Waals surface area contributed by atoms with Crippen molar-refractivity contribution in [2.24, 2.45) is 0 Å². The summed E-state index contributed by atoms with van der Waals surface area (Å²) >= 11 is 6.15. The predicted molar refractivity (Wildman–Crippen MR) is 140 cm³/mol. The maximum atomic E-state index is 12.0. The zero-order chi connectivity index (χ0) is 24.6. The van der Waals surface area contributed by atoms with E-state index in [1.165, 1.54) is 0 Å². The third-order valence-corrected chi connectivity index (χ3v) is 6.12. The van der Waals surface area contributed by atoms with Crippen LogP contribution < -0.4 is 21.3 Å². The monoisotopic (exact) mass is 499 g/mol. The van der Waals surface area contributed by atoms with Gasteiger partial charge in [0.05, 0.1) is 12.6 Å². The quantitative estimate of drug-likeness (QED) is 0.212. The van der Waals surface area contributed by atoms with Crippen LogP contribution in [0.4, 0.5) is 28.6 Å². The van der Waals surface area contributed by atoms with Gasteiger partial charge in [-0.2, -0.15) is 5.10 Å². The molecule has 36 heavy (non-hydrogen) atoms. The van der Waals surface area contributed by atoms with Gasteiger partial charge < -0.3 is 16.0 Å². The molecule has 2 aliphatic rings. The number of carbonyl (C=O) groups is 2. The molecule has 0 atom stereocenters. The number of benzene rings is 2. The van der Waals surface area contributed by atoms with Crippen molar-refractivity contribution in [1.29, 1.82) is 0 Å². The van der Waals surface area contributed by atoms with E-state index in [9.17, 15) is 9.59 Å². The molecule has 6 rings (SSSR count). The Morgan fingerprint density at radius 2 is 1.81 bits per heavy atom. The van der Waals surface area contributed by atoms with Crippen molar-refractivity contribution < 1.29 is 9.59 Å². The zero-order valence-corrected chi connectivity index (χ0v) is 19.8. The van der Waals surface area contributed by atoms with Crippen LogP contribution in [0, 0.1) is 0 Å². The van der Waals surface area contributed by atoms with Gasteiger partial charge in [-0.15, -0.1) is 0 Å². The number of hydrogen-bond donors (Lipinski definition) is 4. The largest absolute Gasteiger partial charge is 0.382 e. The third kappa shape index (κ3) is 4.87. The first-order chi connectivity index (χ1) is 17.5. The van der Waals surface area contributed by atoms with Crippen molar-refractivity contribution in [2.75, 3.05) is 16.0 Å². The van der Waals surface area contributed by atoms with Crippen molar-refractivity contribution in [3.8, 4) is 0 Å². The Hall–Kier alpha value is -4.37. The molecule has 9 nitrogen and oxygen atoms in total. The van der Waals surface area contributed by atoms with Crippen LogP contribution in [0.15, 0.2) is 66.5 Å². The van der Waals surface area contributed by atoms with Crippen LogP contribution in [0.5, 0.6) is 0 Å². The summed E-state index contributed by atoms with van der Waals surface area (Å²) in [5.41, 5.74) is 5.27. The number of hydrogen-bond acceptors (Lipinski definition) is 7. The van der Waals surface area contributed by atoms with Gasteiger partial charge in [-0.25, -0.2) is 9.50 Å². The van der Waals surface area contributed by atoms with Crippen LogP contribution in [0.2, 0.25) is 5.02 Å². The van der Waals surface area contributed by atoms with Gasteiger partial charge in [-0.1, -0.05) is 17.7 Å². The molecule has 2 aromatic carbocycles. The lowest BCUT2D eigenvalue weighted by Crippen LogP contribution is -2.19. The number of carbonyl (C=O) groups excluding carboxylic acids is 2. The van der Waals surface area contributed by atoms with Gasteiger partial charge in [0.1, 0.15) is 5.82 Å². The lowest BCUT2D eigenvalue weighted by molar-refractivity contribution is -0.124. The van der Waals surface area contributed by atoms with Crippen LogP contribution in [-0.2, 0) is 9.59 Å². The molecule has 2 amide bonds. The van der Waals surface area contributed by atoms with Gasteiger partial charge in [-0.3, -0.25) is 14.9 Å². The fourth-order valence-corrected chi connectivity index (χ4v) is 4.26. The molecule has 1 saturated heterocycles. The highest BCUT2D eigenvalue weighted by Crippen LogP contribution is 2.32. The minimum absolute atomic E-state index is 0.0529. The van der Waals surface area contributed by atoms with E-state index in [0.717, 1.165) is 35.6 Å². The van der Waals surface area contributed by atoms with Crippen LogP contribution >= 0.6 is 11.6 Å². The predicted octanol–water partition coefficient (Wildman–Crippen LogP) is 4.87. The van der Waals surface area contributed by atoms with Gasteiger partial charge in [0.15, 0.2) is 5.65 Å². The second-order valence-corrected chi connectivity index (χ2v) is 9.32. The van der Waals surface area contributed by atoms with Crippen LogP contribution in [0.25, 0.3) is 11.7 Å². The zero-order valence-electron chi connectivity index (χ0n) is 19.1. The smallest absolute Gasteiger partial charge is 0.254 e. The molecule has 1 aliphatic heterocycles. The number of halogens is 1. The van der Waals surface area contributed by atoms with E-state index in [1.807, 2.05) is 42.5 Å². The highest BCUT2D eigenvalue weighted by atomic mass is 35.5. The molecule has 10 heteroatoms. The van der Waals surface area contributed by atoms with E-state index >= 15 is 0 Å². The standard InChI is InChI=1S/C26H22ClN7O2/c27-17-2-1-3-19(10-17)30-21-11-20(29-18-4-5-18)12-22(13-21)31-23-6-7-34-25(32-23)16(14-28-34)8-15-9-24(35)33-26(15)36/h1-3,6-8,10-14,18,29-30H,4-5,9H2,(H,31,32)(H,33,35,36)/b15-8-. The van der Waals surface area contributed by atoms with Crippen LogP contribution in [0.3, 0.4) is 0 Å². The molecule has 4 N–H and O–H groups in total. The molecule has 3 heterocycles. The Labute approximate surface area is 211 Å². The maximum Gasteiger partial charge on any atom is 0.254 e. The second-order valence-electron chi connectivity index (χ2n) is 8.88. The molecule has 1 aliphatic carbocycles. The molecule has 0 bridgehead atoms. The Balaban J connectivity index is 1.30. The average molecular weight is 500 g/mol. The average Bonchev–Trinajstić information content (AvgIpc) is 3.47. The van der Waals surface area contributed by atoms with E-state index in [4.69, 9.17) is 16.6 Å². The fourth-order valence-electron chi connectivity index (χ4n) is 4.07. The number of rotatable bonds is 7. The first-order valence-corrected chi connectivity index (χ1v) is 12.0. The number of aromatic nitrogens is 3. The van der Waals surface area contributed by atoms with Crippen LogP contribution in [0.1, 0.15) is 24.8 Å². The number of anilines is 5. The van der Waals surface area contributed by atoms with Crippen molar-refractivity contribution in [1.82, 2.24) is 19.9 Å². The Kier molecular flexibility index (Phi) is 5.54. The van der Waals surface area contributed by atoms with E-state index in [0.29, 0.717) is 33.7 Å². The maximum absolute atomic E-state index is 12.0. The minimum atomic E-state index is -0.381. The molecule has 4 aromatic rings. The van der Waals surface area contributed by atoms with E-state index < -0.39 is 0 Å².